The lowest BCUT2D eigenvalue weighted by atomic mass is 9.76. The minimum Gasteiger partial charge on any atom is -0.340 e. The van der Waals surface area contributed by atoms with E-state index in [-0.39, 0.29) is 11.8 Å². The van der Waals surface area contributed by atoms with Crippen molar-refractivity contribution in [2.24, 2.45) is 0 Å². The number of nitrogens with zero attached hydrogens (tertiary/aromatic N) is 2. The van der Waals surface area contributed by atoms with E-state index in [0.717, 1.165) is 67.6 Å². The number of carbonyl (C=O) groups excluding carboxylic acids is 2. The van der Waals surface area contributed by atoms with E-state index >= 15 is 0 Å². The number of imidazole rings is 1. The number of nitrogens with one attached hydrogen (secondary N) is 2. The van der Waals surface area contributed by atoms with Crippen LogP contribution >= 0.6 is 11.6 Å². The van der Waals surface area contributed by atoms with Crippen LogP contribution in [0.15, 0.2) is 36.4 Å². The quantitative estimate of drug-likeness (QED) is 0.628. The SMILES string of the molecule is Cc1cc(C(=O)NC2(c3nc4cc(Cl)ccc4[nH]3)CCC2)ccc1C(=O)N1CCCC1. The van der Waals surface area contributed by atoms with Crippen LogP contribution in [0, 0.1) is 6.92 Å². The maximum absolute atomic E-state index is 13.1. The molecule has 0 unspecified atom stereocenters. The van der Waals surface area contributed by atoms with Gasteiger partial charge in [-0.25, -0.2) is 4.98 Å². The number of benzene rings is 2. The minimum atomic E-state index is -0.499. The lowest BCUT2D eigenvalue weighted by Crippen LogP contribution is -2.51. The second-order valence-electron chi connectivity index (χ2n) is 8.67. The molecule has 6 nitrogen and oxygen atoms in total. The van der Waals surface area contributed by atoms with E-state index < -0.39 is 5.54 Å². The summed E-state index contributed by atoms with van der Waals surface area (Å²) in [5, 5.41) is 3.84. The summed E-state index contributed by atoms with van der Waals surface area (Å²) in [4.78, 5) is 35.8. The van der Waals surface area contributed by atoms with Gasteiger partial charge in [0.25, 0.3) is 11.8 Å². The number of halogens is 1. The Morgan fingerprint density at radius 1 is 1.10 bits per heavy atom. The third-order valence-electron chi connectivity index (χ3n) is 6.57. The fraction of sp³-hybridized carbons (Fsp3) is 0.375. The van der Waals surface area contributed by atoms with Crippen LogP contribution < -0.4 is 5.32 Å². The van der Waals surface area contributed by atoms with Crippen LogP contribution in [-0.2, 0) is 5.54 Å². The number of hydrogen-bond acceptors (Lipinski definition) is 3. The number of aromatic nitrogens is 2. The molecule has 2 N–H and O–H groups in total. The van der Waals surface area contributed by atoms with Crippen LogP contribution in [0.3, 0.4) is 0 Å². The number of hydrogen-bond donors (Lipinski definition) is 2. The number of amides is 2. The Hall–Kier alpha value is -2.86. The van der Waals surface area contributed by atoms with E-state index in [2.05, 4.69) is 10.3 Å². The van der Waals surface area contributed by atoms with Crippen molar-refractivity contribution in [1.82, 2.24) is 20.2 Å². The molecule has 1 aliphatic carbocycles. The average molecular weight is 437 g/mol. The van der Waals surface area contributed by atoms with Crippen molar-refractivity contribution < 1.29 is 9.59 Å². The highest BCUT2D eigenvalue weighted by atomic mass is 35.5. The molecule has 2 heterocycles. The smallest absolute Gasteiger partial charge is 0.254 e. The Morgan fingerprint density at radius 3 is 2.55 bits per heavy atom. The van der Waals surface area contributed by atoms with Gasteiger partial charge in [0.2, 0.25) is 0 Å². The summed E-state index contributed by atoms with van der Waals surface area (Å²) in [6.07, 6.45) is 4.80. The number of aryl methyl sites for hydroxylation is 1. The van der Waals surface area contributed by atoms with Gasteiger partial charge in [0.15, 0.2) is 0 Å². The van der Waals surface area contributed by atoms with Crippen LogP contribution in [-0.4, -0.2) is 39.8 Å². The predicted molar refractivity (Wildman–Crippen MR) is 120 cm³/mol. The van der Waals surface area contributed by atoms with E-state index in [1.165, 1.54) is 0 Å². The normalized spacial score (nSPS) is 17.5. The number of H-pyrrole nitrogens is 1. The molecule has 2 amide bonds. The molecule has 1 aromatic heterocycles. The van der Waals surface area contributed by atoms with Crippen molar-refractivity contribution in [1.29, 1.82) is 0 Å². The lowest BCUT2D eigenvalue weighted by molar-refractivity contribution is 0.0786. The Morgan fingerprint density at radius 2 is 1.87 bits per heavy atom. The zero-order valence-corrected chi connectivity index (χ0v) is 18.3. The third-order valence-corrected chi connectivity index (χ3v) is 6.81. The average Bonchev–Trinajstić information content (AvgIpc) is 3.39. The van der Waals surface area contributed by atoms with Gasteiger partial charge in [-0.05, 0) is 81.0 Å². The van der Waals surface area contributed by atoms with Crippen LogP contribution in [0.25, 0.3) is 11.0 Å². The monoisotopic (exact) mass is 436 g/mol. The first kappa shape index (κ1) is 20.1. The van der Waals surface area contributed by atoms with Crippen molar-refractivity contribution in [2.45, 2.75) is 44.6 Å². The fourth-order valence-electron chi connectivity index (χ4n) is 4.58. The topological polar surface area (TPSA) is 78.1 Å². The lowest BCUT2D eigenvalue weighted by Gasteiger charge is -2.40. The Balaban J connectivity index is 1.38. The van der Waals surface area contributed by atoms with Crippen LogP contribution in [0.4, 0.5) is 0 Å². The van der Waals surface area contributed by atoms with Crippen LogP contribution in [0.5, 0.6) is 0 Å². The molecule has 0 spiro atoms. The maximum Gasteiger partial charge on any atom is 0.254 e. The van der Waals surface area contributed by atoms with Crippen molar-refractivity contribution in [2.75, 3.05) is 13.1 Å². The first-order valence-electron chi connectivity index (χ1n) is 10.8. The molecule has 1 saturated carbocycles. The number of aromatic amines is 1. The minimum absolute atomic E-state index is 0.0540. The van der Waals surface area contributed by atoms with Gasteiger partial charge in [-0.15, -0.1) is 0 Å². The van der Waals surface area contributed by atoms with Gasteiger partial charge in [0.1, 0.15) is 5.82 Å². The number of likely N-dealkylation sites (tertiary alicyclic amines) is 1. The number of rotatable bonds is 4. The van der Waals surface area contributed by atoms with E-state index in [4.69, 9.17) is 16.6 Å². The second kappa shape index (κ2) is 7.68. The van der Waals surface area contributed by atoms with Crippen molar-refractivity contribution in [3.63, 3.8) is 0 Å². The summed E-state index contributed by atoms with van der Waals surface area (Å²) in [5.74, 6) is 0.668. The fourth-order valence-corrected chi connectivity index (χ4v) is 4.75. The maximum atomic E-state index is 13.1. The summed E-state index contributed by atoms with van der Waals surface area (Å²) in [6, 6.07) is 10.9. The highest BCUT2D eigenvalue weighted by Crippen LogP contribution is 2.41. The summed E-state index contributed by atoms with van der Waals surface area (Å²) in [7, 11) is 0. The highest BCUT2D eigenvalue weighted by Gasteiger charge is 2.43. The van der Waals surface area contributed by atoms with Crippen molar-refractivity contribution in [3.8, 4) is 0 Å². The molecule has 0 bridgehead atoms. The Labute approximate surface area is 186 Å². The van der Waals surface area contributed by atoms with E-state index in [1.54, 1.807) is 12.1 Å². The van der Waals surface area contributed by atoms with Gasteiger partial charge in [0, 0.05) is 29.2 Å². The predicted octanol–water partition coefficient (Wildman–Crippen LogP) is 4.57. The molecule has 7 heteroatoms. The third kappa shape index (κ3) is 3.59. The summed E-state index contributed by atoms with van der Waals surface area (Å²) >= 11 is 6.10. The highest BCUT2D eigenvalue weighted by molar-refractivity contribution is 6.31. The Kier molecular flexibility index (Phi) is 4.97. The molecular weight excluding hydrogens is 412 g/mol. The first-order valence-corrected chi connectivity index (χ1v) is 11.2. The van der Waals surface area contributed by atoms with Crippen molar-refractivity contribution in [3.05, 3.63) is 63.9 Å². The number of fused-ring (bicyclic) bond motifs is 1. The van der Waals surface area contributed by atoms with Gasteiger partial charge in [-0.2, -0.15) is 0 Å². The summed E-state index contributed by atoms with van der Waals surface area (Å²) in [6.45, 7) is 3.51. The second-order valence-corrected chi connectivity index (χ2v) is 9.10. The van der Waals surface area contributed by atoms with E-state index in [9.17, 15) is 9.59 Å². The zero-order valence-electron chi connectivity index (χ0n) is 17.5. The first-order chi connectivity index (χ1) is 14.9. The molecule has 5 rings (SSSR count). The molecule has 160 valence electrons. The number of carbonyl (C=O) groups is 2. The van der Waals surface area contributed by atoms with Crippen LogP contribution in [0.2, 0.25) is 5.02 Å². The molecule has 2 fully saturated rings. The van der Waals surface area contributed by atoms with Gasteiger partial charge in [-0.3, -0.25) is 9.59 Å². The van der Waals surface area contributed by atoms with Gasteiger partial charge >= 0.3 is 0 Å². The largest absolute Gasteiger partial charge is 0.340 e. The zero-order chi connectivity index (χ0) is 21.6. The van der Waals surface area contributed by atoms with Crippen LogP contribution in [0.1, 0.15) is 64.2 Å². The van der Waals surface area contributed by atoms with Gasteiger partial charge in [-0.1, -0.05) is 11.6 Å². The molecule has 0 radical (unpaired) electrons. The molecule has 1 saturated heterocycles. The molecule has 2 aromatic carbocycles. The molecule has 31 heavy (non-hydrogen) atoms. The van der Waals surface area contributed by atoms with E-state index in [0.29, 0.717) is 16.1 Å². The summed E-state index contributed by atoms with van der Waals surface area (Å²) in [5.41, 5.74) is 3.25. The van der Waals surface area contributed by atoms with Crippen molar-refractivity contribution >= 4 is 34.4 Å². The van der Waals surface area contributed by atoms with Gasteiger partial charge in [0.05, 0.1) is 16.6 Å². The van der Waals surface area contributed by atoms with Gasteiger partial charge < -0.3 is 15.2 Å². The molecule has 1 aliphatic heterocycles. The standard InChI is InChI=1S/C24H25ClN4O2/c1-15-13-16(5-7-18(15)22(31)29-11-2-3-12-29)21(30)28-24(9-4-10-24)23-26-19-8-6-17(25)14-20(19)27-23/h5-8,13-14H,2-4,9-12H2,1H3,(H,26,27)(H,28,30). The molecule has 2 aliphatic rings. The Bertz CT molecular complexity index is 1180. The molecule has 0 atom stereocenters. The molecule has 3 aromatic rings. The summed E-state index contributed by atoms with van der Waals surface area (Å²) < 4.78 is 0. The van der Waals surface area contributed by atoms with E-state index in [1.807, 2.05) is 36.1 Å². The molecular formula is C24H25ClN4O2.